The van der Waals surface area contributed by atoms with Gasteiger partial charge in [0.2, 0.25) is 0 Å². The van der Waals surface area contributed by atoms with Crippen LogP contribution in [0.25, 0.3) is 0 Å². The van der Waals surface area contributed by atoms with Gasteiger partial charge in [0.25, 0.3) is 0 Å². The van der Waals surface area contributed by atoms with Crippen LogP contribution in [0, 0.1) is 0 Å². The summed E-state index contributed by atoms with van der Waals surface area (Å²) in [6.45, 7) is 0.260. The van der Waals surface area contributed by atoms with Crippen molar-refractivity contribution in [1.82, 2.24) is 10.6 Å². The highest BCUT2D eigenvalue weighted by molar-refractivity contribution is 6.07. The number of rotatable bonds is 11. The molecule has 4 N–H and O–H groups in total. The third kappa shape index (κ3) is 7.46. The van der Waals surface area contributed by atoms with Crippen LogP contribution in [0.3, 0.4) is 0 Å². The number of ether oxygens (including phenoxy) is 1. The summed E-state index contributed by atoms with van der Waals surface area (Å²) in [5.74, 6) is -2.12. The van der Waals surface area contributed by atoms with E-state index in [1.54, 1.807) is 36.4 Å². The fourth-order valence-electron chi connectivity index (χ4n) is 3.32. The van der Waals surface area contributed by atoms with Crippen LogP contribution in [-0.2, 0) is 33.9 Å². The van der Waals surface area contributed by atoms with Gasteiger partial charge in [0.05, 0.1) is 6.04 Å². The second-order valence-electron chi connectivity index (χ2n) is 7.67. The molecule has 3 aromatic carbocycles. The van der Waals surface area contributed by atoms with Gasteiger partial charge in [-0.2, -0.15) is 0 Å². The zero-order valence-corrected chi connectivity index (χ0v) is 18.4. The minimum absolute atomic E-state index is 0.0591. The number of amides is 1. The van der Waals surface area contributed by atoms with Gasteiger partial charge in [0, 0.05) is 6.54 Å². The molecule has 8 heteroatoms. The molecule has 0 heterocycles. The number of hydrogen-bond donors (Lipinski definition) is 4. The molecule has 0 aliphatic rings. The van der Waals surface area contributed by atoms with Gasteiger partial charge in [0.15, 0.2) is 11.8 Å². The van der Waals surface area contributed by atoms with Gasteiger partial charge in [-0.05, 0) is 35.2 Å². The van der Waals surface area contributed by atoms with Crippen molar-refractivity contribution in [2.75, 3.05) is 0 Å². The van der Waals surface area contributed by atoms with Crippen molar-refractivity contribution < 1.29 is 29.3 Å². The lowest BCUT2D eigenvalue weighted by Crippen LogP contribution is -2.54. The average molecular weight is 463 g/mol. The Morgan fingerprint density at radius 1 is 0.794 bits per heavy atom. The molecule has 0 bridgehead atoms. The predicted octanol–water partition coefficient (Wildman–Crippen LogP) is 3.04. The maximum Gasteiger partial charge on any atom is 0.408 e. The lowest BCUT2D eigenvalue weighted by atomic mass is 9.97. The molecule has 0 spiro atoms. The largest absolute Gasteiger partial charge is 0.508 e. The van der Waals surface area contributed by atoms with Crippen LogP contribution in [0.4, 0.5) is 4.79 Å². The monoisotopic (exact) mass is 462 g/mol. The molecule has 1 amide bonds. The fourth-order valence-corrected chi connectivity index (χ4v) is 3.32. The van der Waals surface area contributed by atoms with Crippen molar-refractivity contribution in [1.29, 1.82) is 0 Å². The summed E-state index contributed by atoms with van der Waals surface area (Å²) in [5.41, 5.74) is 2.35. The molecule has 2 unspecified atom stereocenters. The van der Waals surface area contributed by atoms with E-state index in [0.29, 0.717) is 12.1 Å². The van der Waals surface area contributed by atoms with E-state index in [4.69, 9.17) is 4.74 Å². The summed E-state index contributed by atoms with van der Waals surface area (Å²) in [6, 6.07) is 21.8. The summed E-state index contributed by atoms with van der Waals surface area (Å²) in [6.07, 6.45) is -0.840. The van der Waals surface area contributed by atoms with E-state index >= 15 is 0 Å². The normalized spacial score (nSPS) is 12.4. The Hall–Kier alpha value is -4.17. The predicted molar refractivity (Wildman–Crippen MR) is 125 cm³/mol. The van der Waals surface area contributed by atoms with Gasteiger partial charge in [-0.3, -0.25) is 4.79 Å². The third-order valence-corrected chi connectivity index (χ3v) is 5.12. The number of carboxylic acid groups (broad SMARTS) is 1. The van der Waals surface area contributed by atoms with Crippen LogP contribution in [0.15, 0.2) is 84.9 Å². The van der Waals surface area contributed by atoms with Gasteiger partial charge < -0.3 is 25.6 Å². The Balaban J connectivity index is 1.71. The number of aromatic hydroxyl groups is 1. The van der Waals surface area contributed by atoms with Gasteiger partial charge in [0.1, 0.15) is 12.4 Å². The highest BCUT2D eigenvalue weighted by Gasteiger charge is 2.34. The Morgan fingerprint density at radius 2 is 1.38 bits per heavy atom. The lowest BCUT2D eigenvalue weighted by Gasteiger charge is -2.22. The van der Waals surface area contributed by atoms with Crippen molar-refractivity contribution in [3.05, 3.63) is 102 Å². The number of carboxylic acids is 1. The molecule has 8 nitrogen and oxygen atoms in total. The molecule has 0 aliphatic carbocycles. The fraction of sp³-hybridized carbons (Fsp3) is 0.192. The number of nitrogens with one attached hydrogen (secondary N) is 2. The maximum atomic E-state index is 13.2. The summed E-state index contributed by atoms with van der Waals surface area (Å²) >= 11 is 0. The first-order valence-electron chi connectivity index (χ1n) is 10.7. The van der Waals surface area contributed by atoms with Crippen molar-refractivity contribution in [2.45, 2.75) is 31.7 Å². The Kier molecular flexibility index (Phi) is 8.76. The molecule has 0 saturated carbocycles. The van der Waals surface area contributed by atoms with Gasteiger partial charge in [-0.1, -0.05) is 72.8 Å². The number of carbonyl (C=O) groups is 3. The number of carbonyl (C=O) groups excluding carboxylic acids is 2. The molecule has 0 radical (unpaired) electrons. The number of benzene rings is 3. The minimum atomic E-state index is -1.80. The van der Waals surface area contributed by atoms with Crippen LogP contribution in [0.1, 0.15) is 16.7 Å². The first-order valence-corrected chi connectivity index (χ1v) is 10.7. The van der Waals surface area contributed by atoms with E-state index < -0.39 is 29.9 Å². The summed E-state index contributed by atoms with van der Waals surface area (Å²) in [7, 11) is 0. The van der Waals surface area contributed by atoms with Crippen molar-refractivity contribution in [2.24, 2.45) is 0 Å². The second kappa shape index (κ2) is 12.2. The number of hydrogen-bond acceptors (Lipinski definition) is 6. The van der Waals surface area contributed by atoms with Crippen LogP contribution in [0.2, 0.25) is 0 Å². The summed E-state index contributed by atoms with van der Waals surface area (Å²) in [4.78, 5) is 37.3. The van der Waals surface area contributed by atoms with Crippen LogP contribution in [0.5, 0.6) is 5.75 Å². The molecular formula is C26H26N2O6. The number of aliphatic carboxylic acids is 1. The molecule has 0 fully saturated rings. The van der Waals surface area contributed by atoms with E-state index in [-0.39, 0.29) is 18.8 Å². The van der Waals surface area contributed by atoms with E-state index in [1.807, 2.05) is 36.4 Å². The van der Waals surface area contributed by atoms with Gasteiger partial charge >= 0.3 is 12.1 Å². The summed E-state index contributed by atoms with van der Waals surface area (Å²) < 4.78 is 5.09. The smallest absolute Gasteiger partial charge is 0.408 e. The molecule has 176 valence electrons. The minimum Gasteiger partial charge on any atom is -0.508 e. The summed E-state index contributed by atoms with van der Waals surface area (Å²) in [5, 5.41) is 24.5. The highest BCUT2D eigenvalue weighted by Crippen LogP contribution is 2.13. The first kappa shape index (κ1) is 24.5. The SMILES string of the molecule is O=C(NC(C(=O)O)C(=O)C(Cc1ccc(O)cc1)NCc1ccccc1)OCc1ccccc1. The Morgan fingerprint density at radius 3 is 1.97 bits per heavy atom. The molecular weight excluding hydrogens is 436 g/mol. The van der Waals surface area contributed by atoms with Gasteiger partial charge in [-0.25, -0.2) is 9.59 Å². The van der Waals surface area contributed by atoms with Crippen LogP contribution >= 0.6 is 0 Å². The zero-order valence-electron chi connectivity index (χ0n) is 18.4. The second-order valence-corrected chi connectivity index (χ2v) is 7.67. The van der Waals surface area contributed by atoms with Crippen LogP contribution in [-0.4, -0.2) is 40.1 Å². The van der Waals surface area contributed by atoms with Crippen LogP contribution < -0.4 is 10.6 Å². The molecule has 3 rings (SSSR count). The van der Waals surface area contributed by atoms with E-state index in [0.717, 1.165) is 11.1 Å². The van der Waals surface area contributed by atoms with Gasteiger partial charge in [-0.15, -0.1) is 0 Å². The maximum absolute atomic E-state index is 13.2. The van der Waals surface area contributed by atoms with Crippen molar-refractivity contribution in [3.8, 4) is 5.75 Å². The van der Waals surface area contributed by atoms with Crippen molar-refractivity contribution >= 4 is 17.8 Å². The topological polar surface area (TPSA) is 125 Å². The number of Topliss-reactive ketones (excluding diaryl/α,β-unsaturated/α-hetero) is 1. The molecule has 2 atom stereocenters. The third-order valence-electron chi connectivity index (χ3n) is 5.12. The molecule has 0 aliphatic heterocycles. The molecule has 34 heavy (non-hydrogen) atoms. The number of ketones is 1. The number of phenols is 1. The average Bonchev–Trinajstić information content (AvgIpc) is 2.85. The number of phenolic OH excluding ortho intramolecular Hbond substituents is 1. The number of alkyl carbamates (subject to hydrolysis) is 1. The first-order chi connectivity index (χ1) is 16.4. The standard InChI is InChI=1S/C26H26N2O6/c29-21-13-11-18(12-14-21)15-22(27-16-19-7-3-1-4-8-19)24(30)23(25(31)32)28-26(33)34-17-20-9-5-2-6-10-20/h1-14,22-23,27,29H,15-17H2,(H,28,33)(H,31,32). The lowest BCUT2D eigenvalue weighted by molar-refractivity contribution is -0.143. The molecule has 0 saturated heterocycles. The molecule has 0 aromatic heterocycles. The van der Waals surface area contributed by atoms with E-state index in [1.165, 1.54) is 12.1 Å². The highest BCUT2D eigenvalue weighted by atomic mass is 16.5. The Bertz CT molecular complexity index is 1090. The zero-order chi connectivity index (χ0) is 24.3. The van der Waals surface area contributed by atoms with E-state index in [2.05, 4.69) is 10.6 Å². The quantitative estimate of drug-likeness (QED) is 0.323. The van der Waals surface area contributed by atoms with Crippen molar-refractivity contribution in [3.63, 3.8) is 0 Å². The Labute approximate surface area is 197 Å². The van der Waals surface area contributed by atoms with E-state index in [9.17, 15) is 24.6 Å². The molecule has 3 aromatic rings.